The van der Waals surface area contributed by atoms with Gasteiger partial charge in [-0.2, -0.15) is 0 Å². The van der Waals surface area contributed by atoms with E-state index in [4.69, 9.17) is 4.74 Å². The van der Waals surface area contributed by atoms with E-state index in [0.717, 1.165) is 35.1 Å². The number of imidazole rings is 1. The molecule has 4 nitrogen and oxygen atoms in total. The number of hydrogen-bond acceptors (Lipinski definition) is 3. The maximum Gasteiger partial charge on any atom is 0.138 e. The Morgan fingerprint density at radius 2 is 1.77 bits per heavy atom. The van der Waals surface area contributed by atoms with Crippen molar-refractivity contribution in [1.29, 1.82) is 0 Å². The monoisotopic (exact) mass is 346 g/mol. The van der Waals surface area contributed by atoms with Crippen LogP contribution in [0.25, 0.3) is 21.8 Å². The van der Waals surface area contributed by atoms with Crippen LogP contribution in [0.15, 0.2) is 66.7 Å². The summed E-state index contributed by atoms with van der Waals surface area (Å²) in [5.74, 6) is 1.62. The summed E-state index contributed by atoms with van der Waals surface area (Å²) in [7, 11) is 0. The molecular weight excluding hydrogens is 324 g/mol. The number of para-hydroxylation sites is 2. The van der Waals surface area contributed by atoms with E-state index in [1.165, 1.54) is 5.39 Å². The second-order valence-corrected chi connectivity index (χ2v) is 6.47. The third-order valence-electron chi connectivity index (χ3n) is 4.59. The molecule has 0 fully saturated rings. The van der Waals surface area contributed by atoms with Gasteiger partial charge >= 0.3 is 0 Å². The summed E-state index contributed by atoms with van der Waals surface area (Å²) >= 11 is 0. The molecule has 0 radical (unpaired) electrons. The summed E-state index contributed by atoms with van der Waals surface area (Å²) in [6.45, 7) is 3.12. The molecule has 1 atom stereocenters. The minimum atomic E-state index is -0.596. The van der Waals surface area contributed by atoms with E-state index in [9.17, 15) is 5.11 Å². The van der Waals surface area contributed by atoms with Crippen LogP contribution >= 0.6 is 0 Å². The first-order chi connectivity index (χ1) is 12.7. The lowest BCUT2D eigenvalue weighted by atomic mass is 10.1. The molecule has 0 aliphatic rings. The minimum absolute atomic E-state index is 0.596. The van der Waals surface area contributed by atoms with Crippen molar-refractivity contribution in [3.63, 3.8) is 0 Å². The standard InChI is InChI=1S/C22H22N2O2/c1-16(25)22-23-19-11-4-5-12-20(19)24(22)14-7-15-26-21-13-6-9-17-8-2-3-10-18(17)21/h2-6,8-13,16,25H,7,14-15H2,1H3/t16-/m0/s1. The normalized spacial score (nSPS) is 12.5. The number of nitrogens with zero attached hydrogens (tertiary/aromatic N) is 2. The summed E-state index contributed by atoms with van der Waals surface area (Å²) in [6, 6.07) is 22.3. The molecule has 1 N–H and O–H groups in total. The largest absolute Gasteiger partial charge is 0.493 e. The van der Waals surface area contributed by atoms with Crippen LogP contribution < -0.4 is 4.74 Å². The highest BCUT2D eigenvalue weighted by atomic mass is 16.5. The number of aliphatic hydroxyl groups excluding tert-OH is 1. The van der Waals surface area contributed by atoms with Crippen molar-refractivity contribution in [2.45, 2.75) is 26.0 Å². The predicted octanol–water partition coefficient (Wildman–Crippen LogP) is 4.71. The maximum atomic E-state index is 10.0. The highest BCUT2D eigenvalue weighted by Gasteiger charge is 2.14. The van der Waals surface area contributed by atoms with E-state index in [-0.39, 0.29) is 0 Å². The average Bonchev–Trinajstić information content (AvgIpc) is 3.04. The lowest BCUT2D eigenvalue weighted by Gasteiger charge is -2.12. The van der Waals surface area contributed by atoms with E-state index >= 15 is 0 Å². The van der Waals surface area contributed by atoms with Crippen LogP contribution in [0.3, 0.4) is 0 Å². The van der Waals surface area contributed by atoms with Crippen molar-refractivity contribution in [2.75, 3.05) is 6.61 Å². The Balaban J connectivity index is 1.48. The van der Waals surface area contributed by atoms with Gasteiger partial charge in [0.25, 0.3) is 0 Å². The fraction of sp³-hybridized carbons (Fsp3) is 0.227. The van der Waals surface area contributed by atoms with Gasteiger partial charge in [0, 0.05) is 11.9 Å². The van der Waals surface area contributed by atoms with E-state index in [1.807, 2.05) is 48.5 Å². The molecule has 0 aliphatic carbocycles. The molecule has 4 rings (SSSR count). The fourth-order valence-corrected chi connectivity index (χ4v) is 3.37. The van der Waals surface area contributed by atoms with Crippen molar-refractivity contribution in [1.82, 2.24) is 9.55 Å². The number of aryl methyl sites for hydroxylation is 1. The summed E-state index contributed by atoms with van der Waals surface area (Å²) in [4.78, 5) is 4.56. The Morgan fingerprint density at radius 1 is 1.00 bits per heavy atom. The van der Waals surface area contributed by atoms with E-state index in [2.05, 4.69) is 27.8 Å². The van der Waals surface area contributed by atoms with Gasteiger partial charge < -0.3 is 14.4 Å². The van der Waals surface area contributed by atoms with Gasteiger partial charge in [-0.25, -0.2) is 4.98 Å². The molecule has 26 heavy (non-hydrogen) atoms. The summed E-state index contributed by atoms with van der Waals surface area (Å²) in [6.07, 6.45) is 0.241. The van der Waals surface area contributed by atoms with Gasteiger partial charge in [-0.15, -0.1) is 0 Å². The van der Waals surface area contributed by atoms with Gasteiger partial charge in [0.2, 0.25) is 0 Å². The summed E-state index contributed by atoms with van der Waals surface area (Å²) < 4.78 is 8.12. The van der Waals surface area contributed by atoms with Crippen LogP contribution in [0.2, 0.25) is 0 Å². The molecule has 0 saturated heterocycles. The fourth-order valence-electron chi connectivity index (χ4n) is 3.37. The molecular formula is C22H22N2O2. The zero-order chi connectivity index (χ0) is 17.9. The van der Waals surface area contributed by atoms with Crippen LogP contribution in [-0.2, 0) is 6.54 Å². The highest BCUT2D eigenvalue weighted by Crippen LogP contribution is 2.25. The molecule has 4 aromatic rings. The lowest BCUT2D eigenvalue weighted by molar-refractivity contribution is 0.183. The molecule has 1 aromatic heterocycles. The minimum Gasteiger partial charge on any atom is -0.493 e. The van der Waals surface area contributed by atoms with E-state index in [1.54, 1.807) is 6.92 Å². The molecule has 0 amide bonds. The smallest absolute Gasteiger partial charge is 0.138 e. The van der Waals surface area contributed by atoms with Crippen LogP contribution in [0.1, 0.15) is 25.3 Å². The maximum absolute atomic E-state index is 10.0. The first kappa shape index (κ1) is 16.6. The molecule has 132 valence electrons. The SMILES string of the molecule is C[C@H](O)c1nc2ccccc2n1CCCOc1cccc2ccccc12. The molecule has 0 bridgehead atoms. The number of benzene rings is 3. The van der Waals surface area contributed by atoms with E-state index in [0.29, 0.717) is 12.4 Å². The number of aromatic nitrogens is 2. The quantitative estimate of drug-likeness (QED) is 0.514. The first-order valence-electron chi connectivity index (χ1n) is 8.98. The van der Waals surface area contributed by atoms with Gasteiger partial charge in [0.1, 0.15) is 17.7 Å². The first-order valence-corrected chi connectivity index (χ1v) is 8.98. The van der Waals surface area contributed by atoms with Crippen LogP contribution in [-0.4, -0.2) is 21.3 Å². The molecule has 4 heteroatoms. The lowest BCUT2D eigenvalue weighted by Crippen LogP contribution is -2.10. The number of fused-ring (bicyclic) bond motifs is 2. The van der Waals surface area contributed by atoms with Crippen molar-refractivity contribution >= 4 is 21.8 Å². The molecule has 3 aromatic carbocycles. The topological polar surface area (TPSA) is 47.3 Å². The average molecular weight is 346 g/mol. The van der Waals surface area contributed by atoms with E-state index < -0.39 is 6.10 Å². The second-order valence-electron chi connectivity index (χ2n) is 6.47. The molecule has 0 unspecified atom stereocenters. The number of hydrogen-bond donors (Lipinski definition) is 1. The van der Waals surface area contributed by atoms with Gasteiger partial charge in [-0.3, -0.25) is 0 Å². The van der Waals surface area contributed by atoms with Gasteiger partial charge in [0.05, 0.1) is 17.6 Å². The molecule has 0 spiro atoms. The summed E-state index contributed by atoms with van der Waals surface area (Å²) in [5, 5.41) is 12.4. The molecule has 1 heterocycles. The highest BCUT2D eigenvalue weighted by molar-refractivity contribution is 5.88. The summed E-state index contributed by atoms with van der Waals surface area (Å²) in [5.41, 5.74) is 1.96. The van der Waals surface area contributed by atoms with Crippen molar-refractivity contribution in [3.05, 3.63) is 72.6 Å². The van der Waals surface area contributed by atoms with Crippen LogP contribution in [0.5, 0.6) is 5.75 Å². The Bertz CT molecular complexity index is 1030. The zero-order valence-electron chi connectivity index (χ0n) is 14.8. The number of rotatable bonds is 6. The van der Waals surface area contributed by atoms with Crippen LogP contribution in [0.4, 0.5) is 0 Å². The number of aliphatic hydroxyl groups is 1. The Morgan fingerprint density at radius 3 is 2.65 bits per heavy atom. The third-order valence-corrected chi connectivity index (χ3v) is 4.59. The zero-order valence-corrected chi connectivity index (χ0v) is 14.8. The van der Waals surface area contributed by atoms with Gasteiger partial charge in [-0.05, 0) is 36.9 Å². The third kappa shape index (κ3) is 3.16. The predicted molar refractivity (Wildman–Crippen MR) is 104 cm³/mol. The molecule has 0 aliphatic heterocycles. The van der Waals surface area contributed by atoms with Gasteiger partial charge in [-0.1, -0.05) is 48.5 Å². The number of ether oxygens (including phenoxy) is 1. The van der Waals surface area contributed by atoms with Gasteiger partial charge in [0.15, 0.2) is 0 Å². The second kappa shape index (κ2) is 7.18. The Labute approximate surface area is 152 Å². The van der Waals surface area contributed by atoms with Crippen molar-refractivity contribution in [3.8, 4) is 5.75 Å². The Hall–Kier alpha value is -2.85. The molecule has 0 saturated carbocycles. The van der Waals surface area contributed by atoms with Crippen LogP contribution in [0, 0.1) is 0 Å². The van der Waals surface area contributed by atoms with Crippen molar-refractivity contribution < 1.29 is 9.84 Å². The Kier molecular flexibility index (Phi) is 4.59. The van der Waals surface area contributed by atoms with Crippen molar-refractivity contribution in [2.24, 2.45) is 0 Å².